The molecule has 7 nitrogen and oxygen atoms in total. The van der Waals surface area contributed by atoms with Crippen molar-refractivity contribution in [2.24, 2.45) is 0 Å². The Morgan fingerprint density at radius 2 is 1.63 bits per heavy atom. The molecule has 2 aliphatic carbocycles. The van der Waals surface area contributed by atoms with Gasteiger partial charge in [-0.1, -0.05) is 23.2 Å². The van der Waals surface area contributed by atoms with E-state index in [1.807, 2.05) is 12.1 Å². The number of fused-ring (bicyclic) bond motifs is 1. The van der Waals surface area contributed by atoms with Crippen molar-refractivity contribution in [2.45, 2.75) is 57.1 Å². The van der Waals surface area contributed by atoms with E-state index < -0.39 is 10.1 Å². The Morgan fingerprint density at radius 1 is 1.03 bits per heavy atom. The Morgan fingerprint density at radius 3 is 2.23 bits per heavy atom. The highest BCUT2D eigenvalue weighted by Crippen LogP contribution is 2.33. The highest BCUT2D eigenvalue weighted by atomic mass is 35.5. The molecule has 10 heteroatoms. The molecule has 0 bridgehead atoms. The number of aryl methyl sites for hydroxylation is 1. The molecule has 1 fully saturated rings. The molecule has 1 aromatic carbocycles. The van der Waals surface area contributed by atoms with E-state index in [0.717, 1.165) is 62.0 Å². The lowest BCUT2D eigenvalue weighted by molar-refractivity contribution is 0.126. The van der Waals surface area contributed by atoms with Gasteiger partial charge in [0.1, 0.15) is 5.82 Å². The summed E-state index contributed by atoms with van der Waals surface area (Å²) in [5, 5.41) is 14.5. The number of benzene rings is 1. The Balaban J connectivity index is 0.000000461. The topological polar surface area (TPSA) is 112 Å². The molecular weight excluding hydrogens is 449 g/mol. The summed E-state index contributed by atoms with van der Waals surface area (Å²) in [6.07, 6.45) is 7.31. The highest BCUT2D eigenvalue weighted by molar-refractivity contribution is 7.85. The molecule has 2 aromatic rings. The van der Waals surface area contributed by atoms with Crippen LogP contribution >= 0.6 is 23.2 Å². The van der Waals surface area contributed by atoms with Crippen LogP contribution in [0.4, 0.5) is 5.82 Å². The summed E-state index contributed by atoms with van der Waals surface area (Å²) in [7, 11) is -3.67. The second kappa shape index (κ2) is 9.78. The van der Waals surface area contributed by atoms with Gasteiger partial charge in [0, 0.05) is 32.9 Å². The fourth-order valence-corrected chi connectivity index (χ4v) is 4.30. The predicted octanol–water partition coefficient (Wildman–Crippen LogP) is 4.16. The van der Waals surface area contributed by atoms with Crippen molar-refractivity contribution in [2.75, 3.05) is 11.6 Å². The molecule has 0 amide bonds. The molecule has 0 atom stereocenters. The second-order valence-corrected chi connectivity index (χ2v) is 10.1. The zero-order chi connectivity index (χ0) is 21.9. The first-order valence-electron chi connectivity index (χ1n) is 9.82. The monoisotopic (exact) mass is 473 g/mol. The Labute approximate surface area is 186 Å². The first-order chi connectivity index (χ1) is 14.1. The minimum Gasteiger partial charge on any atom is -0.393 e. The molecule has 0 spiro atoms. The van der Waals surface area contributed by atoms with Crippen molar-refractivity contribution < 1.29 is 18.1 Å². The Kier molecular flexibility index (Phi) is 7.57. The first-order valence-corrected chi connectivity index (χ1v) is 12.4. The number of nitrogens with one attached hydrogen (secondary N) is 1. The van der Waals surface area contributed by atoms with Crippen LogP contribution in [0.3, 0.4) is 0 Å². The van der Waals surface area contributed by atoms with Gasteiger partial charge in [-0.15, -0.1) is 0 Å². The molecule has 4 rings (SSSR count). The standard InChI is InChI=1S/C19H21Cl2N3O.CH4O3S/c20-12-8-11(9-13(21)10-12)18-23-17-3-1-2-16(17)19(24-18)22-14-4-6-15(25)7-5-14;1-5(2,3)4/h8-10,14-15,25H,1-7H2,(H,22,23,24);1H3,(H,2,3,4)/t14-,15-;. The van der Waals surface area contributed by atoms with Gasteiger partial charge in [0.2, 0.25) is 0 Å². The molecule has 1 aromatic heterocycles. The highest BCUT2D eigenvalue weighted by Gasteiger charge is 2.24. The average molecular weight is 474 g/mol. The Hall–Kier alpha value is -1.45. The number of anilines is 1. The van der Waals surface area contributed by atoms with E-state index >= 15 is 0 Å². The van der Waals surface area contributed by atoms with E-state index in [4.69, 9.17) is 37.7 Å². The van der Waals surface area contributed by atoms with E-state index in [1.165, 1.54) is 5.56 Å². The van der Waals surface area contributed by atoms with E-state index in [0.29, 0.717) is 28.2 Å². The molecule has 0 unspecified atom stereocenters. The summed E-state index contributed by atoms with van der Waals surface area (Å²) in [4.78, 5) is 9.57. The van der Waals surface area contributed by atoms with Gasteiger partial charge >= 0.3 is 0 Å². The summed E-state index contributed by atoms with van der Waals surface area (Å²) in [5.41, 5.74) is 3.21. The molecule has 164 valence electrons. The van der Waals surface area contributed by atoms with Gasteiger partial charge in [0.15, 0.2) is 5.82 Å². The van der Waals surface area contributed by atoms with Crippen molar-refractivity contribution in [3.63, 3.8) is 0 Å². The van der Waals surface area contributed by atoms with E-state index in [2.05, 4.69) is 5.32 Å². The fraction of sp³-hybridized carbons (Fsp3) is 0.500. The summed E-state index contributed by atoms with van der Waals surface area (Å²) in [6.45, 7) is 0. The van der Waals surface area contributed by atoms with Gasteiger partial charge in [-0.2, -0.15) is 8.42 Å². The lowest BCUT2D eigenvalue weighted by Gasteiger charge is -2.27. The molecule has 0 aliphatic heterocycles. The van der Waals surface area contributed by atoms with Crippen LogP contribution in [0, 0.1) is 0 Å². The largest absolute Gasteiger partial charge is 0.393 e. The van der Waals surface area contributed by atoms with Crippen LogP contribution in [-0.2, 0) is 23.0 Å². The van der Waals surface area contributed by atoms with E-state index in [-0.39, 0.29) is 6.10 Å². The number of hydrogen-bond acceptors (Lipinski definition) is 6. The molecule has 2 aliphatic rings. The van der Waals surface area contributed by atoms with Crippen LogP contribution in [0.5, 0.6) is 0 Å². The second-order valence-electron chi connectivity index (χ2n) is 7.72. The summed E-state index contributed by atoms with van der Waals surface area (Å²) >= 11 is 12.3. The maximum atomic E-state index is 9.71. The van der Waals surface area contributed by atoms with Crippen molar-refractivity contribution in [3.05, 3.63) is 39.5 Å². The van der Waals surface area contributed by atoms with Gasteiger partial charge in [0.05, 0.1) is 12.4 Å². The Bertz CT molecular complexity index is 981. The van der Waals surface area contributed by atoms with Crippen LogP contribution in [0.15, 0.2) is 18.2 Å². The number of aliphatic hydroxyl groups excluding tert-OH is 1. The van der Waals surface area contributed by atoms with Crippen molar-refractivity contribution in [1.29, 1.82) is 0 Å². The number of aromatic nitrogens is 2. The molecular formula is C20H25Cl2N3O4S. The SMILES string of the molecule is CS(=O)(=O)O.O[C@H]1CC[C@H](Nc2nc(-c3cc(Cl)cc(Cl)c3)nc3c2CCC3)CC1. The van der Waals surface area contributed by atoms with Crippen LogP contribution in [0.2, 0.25) is 10.0 Å². The van der Waals surface area contributed by atoms with Crippen molar-refractivity contribution >= 4 is 39.1 Å². The minimum absolute atomic E-state index is 0.154. The van der Waals surface area contributed by atoms with Gasteiger partial charge in [-0.3, -0.25) is 4.55 Å². The maximum absolute atomic E-state index is 9.71. The predicted molar refractivity (Wildman–Crippen MR) is 119 cm³/mol. The van der Waals surface area contributed by atoms with Crippen LogP contribution in [-0.4, -0.2) is 46.4 Å². The molecule has 1 heterocycles. The molecule has 1 saturated carbocycles. The summed E-state index contributed by atoms with van der Waals surface area (Å²) < 4.78 is 25.9. The molecule has 3 N–H and O–H groups in total. The number of nitrogens with zero attached hydrogens (tertiary/aromatic N) is 2. The third kappa shape index (κ3) is 6.78. The normalized spacial score (nSPS) is 20.8. The van der Waals surface area contributed by atoms with Crippen LogP contribution in [0.1, 0.15) is 43.4 Å². The van der Waals surface area contributed by atoms with Gasteiger partial charge in [0.25, 0.3) is 10.1 Å². The third-order valence-corrected chi connectivity index (χ3v) is 5.53. The molecule has 0 saturated heterocycles. The summed E-state index contributed by atoms with van der Waals surface area (Å²) in [5.74, 6) is 1.61. The lowest BCUT2D eigenvalue weighted by Crippen LogP contribution is -2.29. The minimum atomic E-state index is -3.67. The van der Waals surface area contributed by atoms with E-state index in [1.54, 1.807) is 6.07 Å². The lowest BCUT2D eigenvalue weighted by atomic mass is 9.93. The number of aliphatic hydroxyl groups is 1. The smallest absolute Gasteiger partial charge is 0.261 e. The van der Waals surface area contributed by atoms with Crippen molar-refractivity contribution in [3.8, 4) is 11.4 Å². The van der Waals surface area contributed by atoms with Gasteiger partial charge in [-0.25, -0.2) is 9.97 Å². The maximum Gasteiger partial charge on any atom is 0.261 e. The number of hydrogen-bond donors (Lipinski definition) is 3. The van der Waals surface area contributed by atoms with Crippen LogP contribution in [0.25, 0.3) is 11.4 Å². The van der Waals surface area contributed by atoms with Crippen molar-refractivity contribution in [1.82, 2.24) is 9.97 Å². The first kappa shape index (κ1) is 23.2. The number of rotatable bonds is 3. The third-order valence-electron chi connectivity index (χ3n) is 5.09. The van der Waals surface area contributed by atoms with Gasteiger partial charge in [-0.05, 0) is 63.1 Å². The molecule has 0 radical (unpaired) electrons. The van der Waals surface area contributed by atoms with E-state index in [9.17, 15) is 13.5 Å². The zero-order valence-electron chi connectivity index (χ0n) is 16.6. The zero-order valence-corrected chi connectivity index (χ0v) is 18.9. The van der Waals surface area contributed by atoms with Gasteiger partial charge < -0.3 is 10.4 Å². The molecule has 30 heavy (non-hydrogen) atoms. The number of halogens is 2. The fourth-order valence-electron chi connectivity index (χ4n) is 3.78. The summed E-state index contributed by atoms with van der Waals surface area (Å²) in [6, 6.07) is 5.78. The quantitative estimate of drug-likeness (QED) is 0.573. The van der Waals surface area contributed by atoms with Crippen LogP contribution < -0.4 is 5.32 Å². The average Bonchev–Trinajstić information content (AvgIpc) is 3.10.